The van der Waals surface area contributed by atoms with Crippen LogP contribution in [0, 0.1) is 11.8 Å². The number of carbonyl (C=O) groups excluding carboxylic acids is 2. The van der Waals surface area contributed by atoms with E-state index in [0.29, 0.717) is 12.8 Å². The molecule has 0 spiro atoms. The predicted octanol–water partition coefficient (Wildman–Crippen LogP) is 0.886. The van der Waals surface area contributed by atoms with Crippen LogP contribution in [0.25, 0.3) is 0 Å². The lowest BCUT2D eigenvalue weighted by atomic mass is 10.0. The molecule has 9 heteroatoms. The summed E-state index contributed by atoms with van der Waals surface area (Å²) in [6.07, 6.45) is 1.26. The van der Waals surface area contributed by atoms with E-state index in [-0.39, 0.29) is 11.8 Å². The predicted molar refractivity (Wildman–Crippen MR) is 78.8 cm³/mol. The van der Waals surface area contributed by atoms with Gasteiger partial charge in [0.25, 0.3) is 0 Å². The summed E-state index contributed by atoms with van der Waals surface area (Å²) < 4.78 is 20.9. The Kier molecular flexibility index (Phi) is 8.10. The molecule has 0 aromatic carbocycles. The van der Waals surface area contributed by atoms with Gasteiger partial charge in [-0.25, -0.2) is 19.7 Å². The maximum absolute atomic E-state index is 11.8. The molecule has 0 radical (unpaired) electrons. The van der Waals surface area contributed by atoms with Gasteiger partial charge >= 0.3 is 19.7 Å². The Bertz CT molecular complexity index is 384. The van der Waals surface area contributed by atoms with E-state index in [9.17, 15) is 14.2 Å². The third-order valence-corrected chi connectivity index (χ3v) is 4.36. The molecule has 0 aliphatic rings. The third-order valence-electron chi connectivity index (χ3n) is 3.49. The molecular formula is C12H26N3O5P. The quantitative estimate of drug-likeness (QED) is 0.558. The molecule has 0 saturated heterocycles. The summed E-state index contributed by atoms with van der Waals surface area (Å²) >= 11 is 0. The summed E-state index contributed by atoms with van der Waals surface area (Å²) in [5.74, 6) is -2.31. The van der Waals surface area contributed by atoms with E-state index in [1.54, 1.807) is 13.8 Å². The number of rotatable bonds is 8. The van der Waals surface area contributed by atoms with Crippen LogP contribution in [0.15, 0.2) is 0 Å². The van der Waals surface area contributed by atoms with Crippen molar-refractivity contribution in [2.45, 2.75) is 52.6 Å². The molecule has 0 bridgehead atoms. The Labute approximate surface area is 125 Å². The fourth-order valence-corrected chi connectivity index (χ4v) is 2.15. The Morgan fingerprint density at radius 3 is 1.48 bits per heavy atom. The van der Waals surface area contributed by atoms with Crippen LogP contribution < -0.4 is 17.0 Å². The van der Waals surface area contributed by atoms with Crippen molar-refractivity contribution in [2.75, 3.05) is 0 Å². The number of carbonyl (C=O) groups is 2. The van der Waals surface area contributed by atoms with Crippen molar-refractivity contribution in [1.29, 1.82) is 0 Å². The second kappa shape index (κ2) is 8.48. The van der Waals surface area contributed by atoms with E-state index in [2.05, 4.69) is 9.05 Å². The van der Waals surface area contributed by atoms with Crippen LogP contribution in [0.3, 0.4) is 0 Å². The topological polar surface area (TPSA) is 148 Å². The van der Waals surface area contributed by atoms with Crippen molar-refractivity contribution >= 4 is 19.7 Å². The molecule has 0 fully saturated rings. The van der Waals surface area contributed by atoms with Gasteiger partial charge in [-0.1, -0.05) is 40.5 Å². The van der Waals surface area contributed by atoms with Crippen LogP contribution >= 0.6 is 7.75 Å². The molecule has 0 amide bonds. The first kappa shape index (κ1) is 20.1. The van der Waals surface area contributed by atoms with Gasteiger partial charge in [0, 0.05) is 0 Å². The van der Waals surface area contributed by atoms with Crippen LogP contribution in [0.5, 0.6) is 0 Å². The second-order valence-electron chi connectivity index (χ2n) is 5.18. The van der Waals surface area contributed by atoms with Crippen molar-refractivity contribution in [3.05, 3.63) is 0 Å². The van der Waals surface area contributed by atoms with Gasteiger partial charge in [-0.05, 0) is 11.8 Å². The van der Waals surface area contributed by atoms with Gasteiger partial charge < -0.3 is 20.5 Å². The highest BCUT2D eigenvalue weighted by atomic mass is 31.2. The van der Waals surface area contributed by atoms with Crippen LogP contribution in [-0.2, 0) is 23.2 Å². The lowest BCUT2D eigenvalue weighted by Gasteiger charge is -2.21. The fraction of sp³-hybridized carbons (Fsp3) is 0.833. The van der Waals surface area contributed by atoms with Gasteiger partial charge in [-0.15, -0.1) is 0 Å². The van der Waals surface area contributed by atoms with E-state index in [1.165, 1.54) is 0 Å². The van der Waals surface area contributed by atoms with E-state index in [0.717, 1.165) is 0 Å². The molecule has 21 heavy (non-hydrogen) atoms. The third kappa shape index (κ3) is 6.56. The lowest BCUT2D eigenvalue weighted by Crippen LogP contribution is -2.40. The molecule has 0 saturated carbocycles. The van der Waals surface area contributed by atoms with Crippen molar-refractivity contribution < 1.29 is 23.2 Å². The van der Waals surface area contributed by atoms with Gasteiger partial charge in [0.2, 0.25) is 0 Å². The average molecular weight is 323 g/mol. The molecule has 6 N–H and O–H groups in total. The number of hydrogen-bond acceptors (Lipinski definition) is 7. The van der Waals surface area contributed by atoms with Gasteiger partial charge in [0.15, 0.2) is 0 Å². The smallest absolute Gasteiger partial charge is 0.370 e. The summed E-state index contributed by atoms with van der Waals surface area (Å²) in [5.41, 5.74) is 16.5. The van der Waals surface area contributed by atoms with Gasteiger partial charge in [-0.2, -0.15) is 0 Å². The summed E-state index contributed by atoms with van der Waals surface area (Å²) in [5, 5.41) is 0. The standard InChI is InChI=1S/C12H26N3O5P/c1-5-7(3)9(13)11(16)19-21(15,18)20-12(17)10(14)8(4)6-2/h7-10H,5-6,13-14H2,1-4H3,(H2,15,18)/t7-,8-,9-,10-/m0/s1. The van der Waals surface area contributed by atoms with Gasteiger partial charge in [0.1, 0.15) is 12.1 Å². The molecular weight excluding hydrogens is 297 g/mol. The van der Waals surface area contributed by atoms with Gasteiger partial charge in [0.05, 0.1) is 0 Å². The highest BCUT2D eigenvalue weighted by Crippen LogP contribution is 2.40. The van der Waals surface area contributed by atoms with Crippen molar-refractivity contribution in [3.8, 4) is 0 Å². The zero-order valence-electron chi connectivity index (χ0n) is 12.9. The molecule has 124 valence electrons. The normalized spacial score (nSPS) is 17.5. The minimum Gasteiger partial charge on any atom is -0.370 e. The van der Waals surface area contributed by atoms with E-state index < -0.39 is 31.8 Å². The van der Waals surface area contributed by atoms with Crippen LogP contribution in [0.2, 0.25) is 0 Å². The molecule has 0 heterocycles. The van der Waals surface area contributed by atoms with Crippen molar-refractivity contribution in [1.82, 2.24) is 0 Å². The lowest BCUT2D eigenvalue weighted by molar-refractivity contribution is -0.141. The van der Waals surface area contributed by atoms with E-state index in [4.69, 9.17) is 17.0 Å². The van der Waals surface area contributed by atoms with Crippen LogP contribution in [-0.4, -0.2) is 24.0 Å². The van der Waals surface area contributed by atoms with E-state index in [1.807, 2.05) is 13.8 Å². The van der Waals surface area contributed by atoms with Crippen LogP contribution in [0.4, 0.5) is 0 Å². The zero-order valence-corrected chi connectivity index (χ0v) is 13.8. The largest absolute Gasteiger partial charge is 0.514 e. The maximum atomic E-state index is 11.8. The number of nitrogens with two attached hydrogens (primary N) is 3. The summed E-state index contributed by atoms with van der Waals surface area (Å²) in [6.45, 7) is 7.15. The first-order valence-electron chi connectivity index (χ1n) is 6.92. The molecule has 0 aliphatic heterocycles. The molecule has 0 aliphatic carbocycles. The van der Waals surface area contributed by atoms with Crippen molar-refractivity contribution in [3.63, 3.8) is 0 Å². The Balaban J connectivity index is 4.67. The molecule has 0 aromatic heterocycles. The van der Waals surface area contributed by atoms with E-state index >= 15 is 0 Å². The second-order valence-corrected chi connectivity index (χ2v) is 6.63. The highest BCUT2D eigenvalue weighted by molar-refractivity contribution is 7.52. The Morgan fingerprint density at radius 1 is 0.952 bits per heavy atom. The first-order chi connectivity index (χ1) is 9.55. The fourth-order valence-electron chi connectivity index (χ4n) is 1.36. The molecule has 4 atom stereocenters. The molecule has 0 rings (SSSR count). The summed E-state index contributed by atoms with van der Waals surface area (Å²) in [6, 6.07) is -1.98. The minimum atomic E-state index is -4.37. The monoisotopic (exact) mass is 323 g/mol. The number of hydrogen-bond donors (Lipinski definition) is 3. The highest BCUT2D eigenvalue weighted by Gasteiger charge is 2.34. The van der Waals surface area contributed by atoms with Crippen LogP contribution in [0.1, 0.15) is 40.5 Å². The summed E-state index contributed by atoms with van der Waals surface area (Å²) in [4.78, 5) is 23.4. The zero-order chi connectivity index (χ0) is 16.8. The minimum absolute atomic E-state index is 0.185. The first-order valence-corrected chi connectivity index (χ1v) is 8.53. The molecule has 0 aromatic rings. The van der Waals surface area contributed by atoms with Crippen molar-refractivity contribution in [2.24, 2.45) is 28.8 Å². The van der Waals surface area contributed by atoms with Gasteiger partial charge in [-0.3, -0.25) is 0 Å². The Morgan fingerprint density at radius 2 is 1.24 bits per heavy atom. The summed E-state index contributed by atoms with van der Waals surface area (Å²) in [7, 11) is -4.37. The molecule has 0 unspecified atom stereocenters. The maximum Gasteiger partial charge on any atom is 0.514 e. The molecule has 8 nitrogen and oxygen atoms in total. The Hall–Kier alpha value is -0.950. The SMILES string of the molecule is CC[C@H](C)[C@H](N)C(=O)OP(N)(=O)OC(=O)[C@@H](N)[C@@H](C)CC. The average Bonchev–Trinajstić information content (AvgIpc) is 2.42.